The number of amides is 1. The van der Waals surface area contributed by atoms with Crippen molar-refractivity contribution >= 4 is 17.5 Å². The number of carbonyl (C=O) groups is 1. The molecular weight excluding hydrogens is 407 g/mol. The fraction of sp³-hybridized carbons (Fsp3) is 0.333. The number of nitrogens with one attached hydrogen (secondary N) is 1. The Labute approximate surface area is 178 Å². The number of aromatic nitrogens is 4. The molecule has 1 N–H and O–H groups in total. The third-order valence-electron chi connectivity index (χ3n) is 5.43. The molecule has 0 saturated carbocycles. The van der Waals surface area contributed by atoms with Gasteiger partial charge < -0.3 is 5.32 Å². The molecule has 1 aliphatic heterocycles. The molecule has 1 aromatic heterocycles. The fourth-order valence-electron chi connectivity index (χ4n) is 3.91. The lowest BCUT2D eigenvalue weighted by Gasteiger charge is -2.29. The van der Waals surface area contributed by atoms with Crippen LogP contribution in [-0.2, 0) is 0 Å². The second-order valence-electron chi connectivity index (χ2n) is 7.36. The maximum absolute atomic E-state index is 14.6. The third kappa shape index (κ3) is 4.20. The summed E-state index contributed by atoms with van der Waals surface area (Å²) in [5.41, 5.74) is 2.61. The number of rotatable bonds is 6. The number of hydrogen-bond acceptors (Lipinski definition) is 5. The number of aryl methyl sites for hydroxylation is 1. The second-order valence-corrected chi connectivity index (χ2v) is 7.77. The van der Waals surface area contributed by atoms with Crippen LogP contribution in [0.25, 0.3) is 5.69 Å². The lowest BCUT2D eigenvalue weighted by molar-refractivity contribution is 0.0937. The van der Waals surface area contributed by atoms with E-state index in [-0.39, 0.29) is 24.3 Å². The van der Waals surface area contributed by atoms with Gasteiger partial charge in [0.05, 0.1) is 11.7 Å². The first-order valence-electron chi connectivity index (χ1n) is 9.85. The Morgan fingerprint density at radius 3 is 2.73 bits per heavy atom. The van der Waals surface area contributed by atoms with Gasteiger partial charge in [0.2, 0.25) is 0 Å². The van der Waals surface area contributed by atoms with Crippen molar-refractivity contribution in [1.29, 1.82) is 0 Å². The molecule has 0 radical (unpaired) electrons. The average molecular weight is 429 g/mol. The number of benzene rings is 2. The second kappa shape index (κ2) is 8.89. The summed E-state index contributed by atoms with van der Waals surface area (Å²) in [7, 11) is 0. The zero-order valence-corrected chi connectivity index (χ0v) is 17.3. The summed E-state index contributed by atoms with van der Waals surface area (Å²) in [6, 6.07) is 9.68. The molecule has 0 aliphatic carbocycles. The summed E-state index contributed by atoms with van der Waals surface area (Å²) in [6.45, 7) is 3.86. The quantitative estimate of drug-likeness (QED) is 0.651. The van der Waals surface area contributed by atoms with Gasteiger partial charge in [-0.05, 0) is 79.2 Å². The zero-order valence-electron chi connectivity index (χ0n) is 16.6. The number of halogens is 2. The zero-order chi connectivity index (χ0) is 21.1. The van der Waals surface area contributed by atoms with Gasteiger partial charge in [-0.2, -0.15) is 0 Å². The Balaban J connectivity index is 1.52. The van der Waals surface area contributed by atoms with Crippen molar-refractivity contribution in [3.8, 4) is 5.69 Å². The molecule has 2 aromatic carbocycles. The molecule has 1 amide bonds. The molecule has 1 unspecified atom stereocenters. The van der Waals surface area contributed by atoms with E-state index in [4.69, 9.17) is 11.6 Å². The highest BCUT2D eigenvalue weighted by Crippen LogP contribution is 2.32. The van der Waals surface area contributed by atoms with Crippen molar-refractivity contribution in [2.75, 3.05) is 19.6 Å². The lowest BCUT2D eigenvalue weighted by atomic mass is 10.0. The topological polar surface area (TPSA) is 75.9 Å². The fourth-order valence-corrected chi connectivity index (χ4v) is 4.20. The minimum Gasteiger partial charge on any atom is -0.350 e. The molecule has 1 aliphatic rings. The van der Waals surface area contributed by atoms with Crippen LogP contribution in [0.15, 0.2) is 42.7 Å². The van der Waals surface area contributed by atoms with Crippen LogP contribution in [0.4, 0.5) is 4.39 Å². The summed E-state index contributed by atoms with van der Waals surface area (Å²) in [6.07, 6.45) is 3.60. The van der Waals surface area contributed by atoms with E-state index in [9.17, 15) is 9.18 Å². The normalized spacial score (nSPS) is 15.3. The Morgan fingerprint density at radius 2 is 2.07 bits per heavy atom. The van der Waals surface area contributed by atoms with E-state index in [1.165, 1.54) is 12.4 Å². The molecule has 0 spiro atoms. The highest BCUT2D eigenvalue weighted by molar-refractivity contribution is 6.31. The molecule has 1 atom stereocenters. The molecule has 0 bridgehead atoms. The third-order valence-corrected chi connectivity index (χ3v) is 5.75. The molecule has 1 saturated heterocycles. The highest BCUT2D eigenvalue weighted by Gasteiger charge is 2.28. The molecule has 3 aromatic rings. The number of tetrazole rings is 1. The first kappa shape index (κ1) is 20.4. The number of carbonyl (C=O) groups excluding carboxylic acids is 1. The summed E-state index contributed by atoms with van der Waals surface area (Å²) in [5.74, 6) is -0.576. The van der Waals surface area contributed by atoms with Crippen LogP contribution >= 0.6 is 11.6 Å². The minimum absolute atomic E-state index is 0.224. The maximum Gasteiger partial charge on any atom is 0.251 e. The van der Waals surface area contributed by atoms with Crippen LogP contribution in [0.2, 0.25) is 5.02 Å². The predicted molar refractivity (Wildman–Crippen MR) is 111 cm³/mol. The van der Waals surface area contributed by atoms with Crippen LogP contribution in [-0.4, -0.2) is 50.6 Å². The van der Waals surface area contributed by atoms with E-state index in [0.29, 0.717) is 16.1 Å². The van der Waals surface area contributed by atoms with E-state index in [0.717, 1.165) is 37.2 Å². The largest absolute Gasteiger partial charge is 0.350 e. The standard InChI is InChI=1S/C21H22ClFN6O/c1-14-11-15(7-8-18(14)29-13-25-26-27-29)21(30)24-12-19(28-9-2-3-10-28)20-16(22)5-4-6-17(20)23/h4-8,11,13,19H,2-3,9-10,12H2,1H3,(H,24,30). The minimum atomic E-state index is -0.352. The number of hydrogen-bond donors (Lipinski definition) is 1. The van der Waals surface area contributed by atoms with Crippen LogP contribution in [0.5, 0.6) is 0 Å². The van der Waals surface area contributed by atoms with E-state index in [2.05, 4.69) is 25.7 Å². The SMILES string of the molecule is Cc1cc(C(=O)NCC(c2c(F)cccc2Cl)N2CCCC2)ccc1-n1cnnn1. The molecular formula is C21H22ClFN6O. The van der Waals surface area contributed by atoms with Gasteiger partial charge in [-0.3, -0.25) is 9.69 Å². The van der Waals surface area contributed by atoms with E-state index >= 15 is 0 Å². The van der Waals surface area contributed by atoms with Crippen molar-refractivity contribution in [2.24, 2.45) is 0 Å². The van der Waals surface area contributed by atoms with Gasteiger partial charge in [0.25, 0.3) is 5.91 Å². The molecule has 30 heavy (non-hydrogen) atoms. The van der Waals surface area contributed by atoms with Gasteiger partial charge in [-0.1, -0.05) is 17.7 Å². The van der Waals surface area contributed by atoms with Gasteiger partial charge in [0.15, 0.2) is 0 Å². The van der Waals surface area contributed by atoms with Crippen molar-refractivity contribution in [3.05, 3.63) is 70.3 Å². The van der Waals surface area contributed by atoms with Crippen LogP contribution in [0.3, 0.4) is 0 Å². The van der Waals surface area contributed by atoms with Crippen molar-refractivity contribution < 1.29 is 9.18 Å². The van der Waals surface area contributed by atoms with Crippen LogP contribution < -0.4 is 5.32 Å². The molecule has 4 rings (SSSR count). The highest BCUT2D eigenvalue weighted by atomic mass is 35.5. The molecule has 156 valence electrons. The number of likely N-dealkylation sites (tertiary alicyclic amines) is 1. The summed E-state index contributed by atoms with van der Waals surface area (Å²) in [4.78, 5) is 15.0. The smallest absolute Gasteiger partial charge is 0.251 e. The van der Waals surface area contributed by atoms with Gasteiger partial charge in [0, 0.05) is 22.7 Å². The van der Waals surface area contributed by atoms with Gasteiger partial charge >= 0.3 is 0 Å². The average Bonchev–Trinajstić information content (AvgIpc) is 3.44. The lowest BCUT2D eigenvalue weighted by Crippen LogP contribution is -2.37. The molecule has 1 fully saturated rings. The Hall–Kier alpha value is -2.84. The number of nitrogens with zero attached hydrogens (tertiary/aromatic N) is 5. The van der Waals surface area contributed by atoms with Crippen molar-refractivity contribution in [2.45, 2.75) is 25.8 Å². The molecule has 7 nitrogen and oxygen atoms in total. The first-order valence-corrected chi connectivity index (χ1v) is 10.2. The Morgan fingerprint density at radius 1 is 1.27 bits per heavy atom. The van der Waals surface area contributed by atoms with Gasteiger partial charge in [-0.25, -0.2) is 9.07 Å². The van der Waals surface area contributed by atoms with Gasteiger partial charge in [0.1, 0.15) is 12.1 Å². The molecule has 9 heteroatoms. The Bertz CT molecular complexity index is 1020. The molecule has 2 heterocycles. The summed E-state index contributed by atoms with van der Waals surface area (Å²) >= 11 is 6.32. The maximum atomic E-state index is 14.6. The summed E-state index contributed by atoms with van der Waals surface area (Å²) < 4.78 is 16.1. The summed E-state index contributed by atoms with van der Waals surface area (Å²) in [5, 5.41) is 14.5. The van der Waals surface area contributed by atoms with E-state index in [1.54, 1.807) is 35.0 Å². The predicted octanol–water partition coefficient (Wildman–Crippen LogP) is 3.33. The monoisotopic (exact) mass is 428 g/mol. The van der Waals surface area contributed by atoms with Crippen molar-refractivity contribution in [3.63, 3.8) is 0 Å². The van der Waals surface area contributed by atoms with Crippen LogP contribution in [0, 0.1) is 12.7 Å². The van der Waals surface area contributed by atoms with Crippen LogP contribution in [0.1, 0.15) is 40.4 Å². The van der Waals surface area contributed by atoms with E-state index in [1.807, 2.05) is 6.92 Å². The van der Waals surface area contributed by atoms with Crippen molar-refractivity contribution in [1.82, 2.24) is 30.4 Å². The van der Waals surface area contributed by atoms with E-state index < -0.39 is 0 Å². The first-order chi connectivity index (χ1) is 14.5. The van der Waals surface area contributed by atoms with Gasteiger partial charge in [-0.15, -0.1) is 5.10 Å². The Kier molecular flexibility index (Phi) is 6.06.